The number of rotatable bonds is 4. The zero-order valence-corrected chi connectivity index (χ0v) is 14.0. The van der Waals surface area contributed by atoms with Gasteiger partial charge in [-0.3, -0.25) is 4.79 Å². The number of fused-ring (bicyclic) bond motifs is 1. The zero-order valence-electron chi connectivity index (χ0n) is 12.4. The van der Waals surface area contributed by atoms with Crippen molar-refractivity contribution in [1.82, 2.24) is 0 Å². The second kappa shape index (κ2) is 5.89. The molecule has 4 nitrogen and oxygen atoms in total. The number of hydrogen-bond acceptors (Lipinski definition) is 4. The highest BCUT2D eigenvalue weighted by Crippen LogP contribution is 2.35. The van der Waals surface area contributed by atoms with Crippen molar-refractivity contribution < 1.29 is 19.0 Å². The molecule has 2 aliphatic rings. The summed E-state index contributed by atoms with van der Waals surface area (Å²) in [5.74, 6) is 1.83. The van der Waals surface area contributed by atoms with Crippen LogP contribution in [0.1, 0.15) is 35.2 Å². The van der Waals surface area contributed by atoms with E-state index in [4.69, 9.17) is 14.2 Å². The van der Waals surface area contributed by atoms with E-state index in [1.54, 1.807) is 24.3 Å². The van der Waals surface area contributed by atoms with Crippen LogP contribution in [0.25, 0.3) is 0 Å². The van der Waals surface area contributed by atoms with Crippen molar-refractivity contribution in [2.24, 2.45) is 0 Å². The van der Waals surface area contributed by atoms with Crippen LogP contribution in [-0.4, -0.2) is 18.7 Å². The first kappa shape index (κ1) is 14.6. The Kier molecular flexibility index (Phi) is 3.73. The van der Waals surface area contributed by atoms with Crippen LogP contribution in [0, 0.1) is 0 Å². The standard InChI is InChI=1S/C18H15BrO4/c19-12-5-6-14(16(9-12)23-13-2-1-3-13)18(20)11-4-7-15-17(8-11)22-10-21-15/h4-9,13H,1-3,10H2. The maximum Gasteiger partial charge on any atom is 0.231 e. The number of halogens is 1. The lowest BCUT2D eigenvalue weighted by Gasteiger charge is -2.27. The Hall–Kier alpha value is -2.01. The highest BCUT2D eigenvalue weighted by Gasteiger charge is 2.24. The molecule has 0 atom stereocenters. The maximum atomic E-state index is 12.9. The molecule has 0 bridgehead atoms. The third-order valence-corrected chi connectivity index (χ3v) is 4.66. The molecule has 1 aliphatic heterocycles. The molecule has 0 spiro atoms. The summed E-state index contributed by atoms with van der Waals surface area (Å²) in [5.41, 5.74) is 1.13. The van der Waals surface area contributed by atoms with Gasteiger partial charge in [-0.25, -0.2) is 0 Å². The van der Waals surface area contributed by atoms with Crippen LogP contribution in [0.2, 0.25) is 0 Å². The van der Waals surface area contributed by atoms with Crippen LogP contribution in [0.15, 0.2) is 40.9 Å². The van der Waals surface area contributed by atoms with E-state index >= 15 is 0 Å². The molecule has 1 fully saturated rings. The van der Waals surface area contributed by atoms with Crippen molar-refractivity contribution in [3.05, 3.63) is 52.0 Å². The average Bonchev–Trinajstić information content (AvgIpc) is 2.98. The first-order chi connectivity index (χ1) is 11.2. The fourth-order valence-corrected chi connectivity index (χ4v) is 2.98. The summed E-state index contributed by atoms with van der Waals surface area (Å²) >= 11 is 3.44. The van der Waals surface area contributed by atoms with E-state index < -0.39 is 0 Å². The van der Waals surface area contributed by atoms with E-state index in [0.717, 1.165) is 17.3 Å². The minimum absolute atomic E-state index is 0.0786. The zero-order chi connectivity index (χ0) is 15.8. The van der Waals surface area contributed by atoms with Gasteiger partial charge in [0.2, 0.25) is 6.79 Å². The van der Waals surface area contributed by atoms with Gasteiger partial charge in [0.05, 0.1) is 11.7 Å². The van der Waals surface area contributed by atoms with Crippen LogP contribution in [-0.2, 0) is 0 Å². The second-order valence-corrected chi connectivity index (χ2v) is 6.62. The van der Waals surface area contributed by atoms with Crippen molar-refractivity contribution >= 4 is 21.7 Å². The first-order valence-electron chi connectivity index (χ1n) is 7.61. The lowest BCUT2D eigenvalue weighted by Crippen LogP contribution is -2.25. The molecular formula is C18H15BrO4. The number of carbonyl (C=O) groups is 1. The van der Waals surface area contributed by atoms with E-state index in [1.807, 2.05) is 12.1 Å². The summed E-state index contributed by atoms with van der Waals surface area (Å²) in [5, 5.41) is 0. The number of carbonyl (C=O) groups excluding carboxylic acids is 1. The average molecular weight is 375 g/mol. The second-order valence-electron chi connectivity index (χ2n) is 5.71. The molecule has 0 amide bonds. The van der Waals surface area contributed by atoms with E-state index in [0.29, 0.717) is 28.4 Å². The van der Waals surface area contributed by atoms with Gasteiger partial charge in [-0.1, -0.05) is 15.9 Å². The first-order valence-corrected chi connectivity index (χ1v) is 8.40. The SMILES string of the molecule is O=C(c1ccc2c(c1)OCO2)c1ccc(Br)cc1OC1CCC1. The van der Waals surface area contributed by atoms with Gasteiger partial charge in [-0.15, -0.1) is 0 Å². The Labute approximate surface area is 142 Å². The molecule has 0 aromatic heterocycles. The van der Waals surface area contributed by atoms with Crippen LogP contribution >= 0.6 is 15.9 Å². The number of ketones is 1. The highest BCUT2D eigenvalue weighted by molar-refractivity contribution is 9.10. The summed E-state index contributed by atoms with van der Waals surface area (Å²) < 4.78 is 17.5. The summed E-state index contributed by atoms with van der Waals surface area (Å²) in [6.07, 6.45) is 3.49. The number of benzene rings is 2. The molecule has 4 rings (SSSR count). The van der Waals surface area contributed by atoms with Crippen molar-refractivity contribution in [1.29, 1.82) is 0 Å². The molecule has 1 saturated carbocycles. The molecule has 0 saturated heterocycles. The smallest absolute Gasteiger partial charge is 0.231 e. The van der Waals surface area contributed by atoms with Crippen molar-refractivity contribution in [2.45, 2.75) is 25.4 Å². The Morgan fingerprint density at radius 3 is 2.70 bits per heavy atom. The normalized spacial score (nSPS) is 16.0. The van der Waals surface area contributed by atoms with Gasteiger partial charge in [0.25, 0.3) is 0 Å². The van der Waals surface area contributed by atoms with E-state index in [2.05, 4.69) is 15.9 Å². The molecule has 0 radical (unpaired) electrons. The molecule has 23 heavy (non-hydrogen) atoms. The minimum Gasteiger partial charge on any atom is -0.490 e. The minimum atomic E-state index is -0.0786. The third-order valence-electron chi connectivity index (χ3n) is 4.17. The molecule has 0 unspecified atom stereocenters. The Bertz CT molecular complexity index is 768. The summed E-state index contributed by atoms with van der Waals surface area (Å²) in [7, 11) is 0. The van der Waals surface area contributed by atoms with Gasteiger partial charge in [0.1, 0.15) is 5.75 Å². The van der Waals surface area contributed by atoms with Crippen molar-refractivity contribution in [3.8, 4) is 17.2 Å². The Balaban J connectivity index is 1.67. The fraction of sp³-hybridized carbons (Fsp3) is 0.278. The monoisotopic (exact) mass is 374 g/mol. The molecule has 0 N–H and O–H groups in total. The molecule has 5 heteroatoms. The third kappa shape index (κ3) is 2.81. The molecule has 2 aromatic rings. The maximum absolute atomic E-state index is 12.9. The van der Waals surface area contributed by atoms with Gasteiger partial charge in [0, 0.05) is 10.0 Å². The number of hydrogen-bond donors (Lipinski definition) is 0. The van der Waals surface area contributed by atoms with Gasteiger partial charge in [0.15, 0.2) is 17.3 Å². The quantitative estimate of drug-likeness (QED) is 0.746. The van der Waals surface area contributed by atoms with Crippen LogP contribution in [0.4, 0.5) is 0 Å². The van der Waals surface area contributed by atoms with Gasteiger partial charge < -0.3 is 14.2 Å². The van der Waals surface area contributed by atoms with Crippen molar-refractivity contribution in [3.63, 3.8) is 0 Å². The lowest BCUT2D eigenvalue weighted by atomic mass is 9.95. The molecular weight excluding hydrogens is 360 g/mol. The van der Waals surface area contributed by atoms with Crippen LogP contribution in [0.3, 0.4) is 0 Å². The van der Waals surface area contributed by atoms with E-state index in [9.17, 15) is 4.79 Å². The Morgan fingerprint density at radius 1 is 1.09 bits per heavy atom. The molecule has 1 aliphatic carbocycles. The number of ether oxygens (including phenoxy) is 3. The van der Waals surface area contributed by atoms with Crippen LogP contribution in [0.5, 0.6) is 17.2 Å². The van der Waals surface area contributed by atoms with Gasteiger partial charge in [-0.05, 0) is 55.7 Å². The van der Waals surface area contributed by atoms with Gasteiger partial charge >= 0.3 is 0 Å². The summed E-state index contributed by atoms with van der Waals surface area (Å²) in [4.78, 5) is 12.9. The van der Waals surface area contributed by atoms with Crippen LogP contribution < -0.4 is 14.2 Å². The Morgan fingerprint density at radius 2 is 1.91 bits per heavy atom. The fourth-order valence-electron chi connectivity index (χ4n) is 2.64. The molecule has 118 valence electrons. The topological polar surface area (TPSA) is 44.8 Å². The predicted molar refractivity (Wildman–Crippen MR) is 88.4 cm³/mol. The van der Waals surface area contributed by atoms with Gasteiger partial charge in [-0.2, -0.15) is 0 Å². The summed E-state index contributed by atoms with van der Waals surface area (Å²) in [6.45, 7) is 0.196. The predicted octanol–water partition coefficient (Wildman–Crippen LogP) is 4.34. The molecule has 1 heterocycles. The lowest BCUT2D eigenvalue weighted by molar-refractivity contribution is 0.100. The largest absolute Gasteiger partial charge is 0.490 e. The van der Waals surface area contributed by atoms with E-state index in [1.165, 1.54) is 6.42 Å². The highest BCUT2D eigenvalue weighted by atomic mass is 79.9. The molecule has 2 aromatic carbocycles. The summed E-state index contributed by atoms with van der Waals surface area (Å²) in [6, 6.07) is 10.8. The van der Waals surface area contributed by atoms with E-state index in [-0.39, 0.29) is 18.7 Å². The van der Waals surface area contributed by atoms with Crippen molar-refractivity contribution in [2.75, 3.05) is 6.79 Å².